The Kier molecular flexibility index (Phi) is 10.1. The van der Waals surface area contributed by atoms with Gasteiger partial charge >= 0.3 is 21.1 Å². The molecule has 0 saturated carbocycles. The number of hydrogen-bond acceptors (Lipinski definition) is 4. The van der Waals surface area contributed by atoms with E-state index < -0.39 is 11.1 Å². The van der Waals surface area contributed by atoms with Crippen molar-refractivity contribution in [2.45, 2.75) is 145 Å². The van der Waals surface area contributed by atoms with E-state index in [1.54, 1.807) is 0 Å². The predicted octanol–water partition coefficient (Wildman–Crippen LogP) is 14.7. The van der Waals surface area contributed by atoms with Crippen LogP contribution in [0, 0.1) is 45.2 Å². The van der Waals surface area contributed by atoms with Crippen LogP contribution in [0.15, 0.2) is 90.1 Å². The summed E-state index contributed by atoms with van der Waals surface area (Å²) in [6, 6.07) is 38.0. The topological polar surface area (TPSA) is 42.7 Å². The molecule has 2 aliphatic heterocycles. The summed E-state index contributed by atoms with van der Waals surface area (Å²) in [5.74, 6) is 1.55. The molecule has 2 aromatic heterocycles. The number of fused-ring (bicyclic) bond motifs is 8. The summed E-state index contributed by atoms with van der Waals surface area (Å²) in [7, 11) is 0. The Morgan fingerprint density at radius 3 is 2.03 bits per heavy atom. The molecule has 336 valence electrons. The third-order valence-electron chi connectivity index (χ3n) is 15.2. The minimum Gasteiger partial charge on any atom is -0.510 e. The predicted molar refractivity (Wildman–Crippen MR) is 267 cm³/mol. The molecule has 0 fully saturated rings. The first-order chi connectivity index (χ1) is 29.8. The van der Waals surface area contributed by atoms with Gasteiger partial charge in [0.25, 0.3) is 0 Å². The summed E-state index contributed by atoms with van der Waals surface area (Å²) in [4.78, 5) is 13.2. The van der Waals surface area contributed by atoms with Crippen LogP contribution in [0.4, 0.5) is 17.1 Å². The molecule has 65 heavy (non-hydrogen) atoms. The molecule has 1 aliphatic carbocycles. The maximum absolute atomic E-state index is 7.47. The smallest absolute Gasteiger partial charge is 0.510 e. The van der Waals surface area contributed by atoms with E-state index in [1.807, 2.05) is 6.20 Å². The summed E-state index contributed by atoms with van der Waals surface area (Å²) < 4.78 is 9.79. The molecular weight excluding hydrogens is 976 g/mol. The molecule has 10 rings (SSSR count). The van der Waals surface area contributed by atoms with Crippen LogP contribution in [0.2, 0.25) is 0 Å². The number of pyridine rings is 1. The van der Waals surface area contributed by atoms with Crippen molar-refractivity contribution in [2.24, 2.45) is 10.4 Å². The Morgan fingerprint density at radius 2 is 1.34 bits per heavy atom. The number of anilines is 3. The fourth-order valence-electron chi connectivity index (χ4n) is 11.1. The number of rotatable bonds is 3. The van der Waals surface area contributed by atoms with Gasteiger partial charge in [0.1, 0.15) is 22.9 Å². The van der Waals surface area contributed by atoms with Crippen molar-refractivity contribution in [3.63, 3.8) is 0 Å². The second-order valence-corrected chi connectivity index (χ2v) is 23.1. The zero-order valence-corrected chi connectivity index (χ0v) is 43.6. The van der Waals surface area contributed by atoms with Crippen LogP contribution < -0.4 is 4.90 Å². The van der Waals surface area contributed by atoms with Gasteiger partial charge in [-0.2, -0.15) is 6.07 Å². The molecule has 5 nitrogen and oxygen atoms in total. The summed E-state index contributed by atoms with van der Waals surface area (Å²) in [6.07, 6.45) is 2.76. The van der Waals surface area contributed by atoms with Gasteiger partial charge in [-0.1, -0.05) is 140 Å². The number of ether oxygens (including phenoxy) is 1. The largest absolute Gasteiger partial charge is 2.00 e. The number of aromatic nitrogens is 2. The minimum absolute atomic E-state index is 0. The maximum atomic E-state index is 7.47. The summed E-state index contributed by atoms with van der Waals surface area (Å²) in [5.41, 5.74) is 16.7. The molecular formula is C59H64N4OPt. The zero-order valence-electron chi connectivity index (χ0n) is 41.3. The molecule has 0 amide bonds. The van der Waals surface area contributed by atoms with E-state index in [-0.39, 0.29) is 42.7 Å². The number of aliphatic imine (C=N–C) groups is 1. The normalized spacial score (nSPS) is 19.9. The van der Waals surface area contributed by atoms with E-state index in [4.69, 9.17) is 14.7 Å². The van der Waals surface area contributed by atoms with Crippen molar-refractivity contribution in [2.75, 3.05) is 4.90 Å². The Morgan fingerprint density at radius 1 is 0.662 bits per heavy atom. The van der Waals surface area contributed by atoms with Crippen LogP contribution >= 0.6 is 0 Å². The van der Waals surface area contributed by atoms with Crippen molar-refractivity contribution >= 4 is 44.8 Å². The van der Waals surface area contributed by atoms with Crippen molar-refractivity contribution in [3.8, 4) is 5.82 Å². The molecule has 2 atom stereocenters. The van der Waals surface area contributed by atoms with Gasteiger partial charge in [-0.25, -0.2) is 4.98 Å². The van der Waals surface area contributed by atoms with Crippen LogP contribution in [-0.2, 0) is 54.0 Å². The second-order valence-electron chi connectivity index (χ2n) is 23.1. The number of hydrogen-bond donors (Lipinski definition) is 0. The van der Waals surface area contributed by atoms with E-state index in [1.165, 1.54) is 66.4 Å². The Balaban J connectivity index is 0.00000533. The van der Waals surface area contributed by atoms with Crippen LogP contribution in [0.5, 0.6) is 0 Å². The van der Waals surface area contributed by atoms with Crippen molar-refractivity contribution in [1.82, 2.24) is 9.55 Å². The first-order valence-electron chi connectivity index (χ1n) is 23.2. The Labute approximate surface area is 402 Å². The average Bonchev–Trinajstić information content (AvgIpc) is 3.78. The standard InChI is InChI=1S/C59H64N4O.Pt/c1-34-17-19-48-43(23-34)44-31-47-51(32-50(44)63(48)52-30-40(21-22-60-52)54(5,6)7)62(49-20-18-35(2)24-46(49)57(47,14)15)42-28-38(27-41(29-42)55(8,9)10)53-61-58(16)45-26-37(4)36(3)25-39(45)33-59(58,64-53)56(11,12)13;/h17-27,29-31H,33H2,1-16H3;/q-2;+2/t58-,59-;/m1./s1. The quantitative estimate of drug-likeness (QED) is 0.166. The van der Waals surface area contributed by atoms with Crippen LogP contribution in [0.1, 0.15) is 144 Å². The van der Waals surface area contributed by atoms with Gasteiger partial charge in [0, 0.05) is 29.2 Å². The monoisotopic (exact) mass is 1040 g/mol. The minimum atomic E-state index is -0.574. The molecule has 0 radical (unpaired) electrons. The third-order valence-corrected chi connectivity index (χ3v) is 15.2. The zero-order chi connectivity index (χ0) is 45.8. The van der Waals surface area contributed by atoms with E-state index in [0.29, 0.717) is 5.90 Å². The third kappa shape index (κ3) is 6.64. The molecule has 0 N–H and O–H groups in total. The maximum Gasteiger partial charge on any atom is 2.00 e. The Bertz CT molecular complexity index is 3160. The van der Waals surface area contributed by atoms with Gasteiger partial charge in [-0.3, -0.25) is 4.99 Å². The summed E-state index contributed by atoms with van der Waals surface area (Å²) in [6.45, 7) is 36.4. The van der Waals surface area contributed by atoms with Crippen molar-refractivity contribution in [1.29, 1.82) is 0 Å². The molecule has 5 aromatic carbocycles. The molecule has 0 unspecified atom stereocenters. The van der Waals surface area contributed by atoms with Crippen LogP contribution in [0.25, 0.3) is 27.6 Å². The summed E-state index contributed by atoms with van der Waals surface area (Å²) in [5, 5.41) is 2.37. The first-order valence-corrected chi connectivity index (χ1v) is 23.2. The van der Waals surface area contributed by atoms with E-state index in [0.717, 1.165) is 45.9 Å². The SMILES string of the molecule is Cc1ccc2c(c1)C(C)(C)c1cc3c4cc(C)ccc4n(-c4cc(C(C)(C)C)ccn4)c3[c-]c1N2c1[c-]c(C2=N[C@]3(C)c4cc(C)c(C)cc4C[C@]3(C(C)(C)C)O2)cc(C(C)(C)C)c1.[Pt+2]. The van der Waals surface area contributed by atoms with E-state index in [2.05, 4.69) is 211 Å². The fourth-order valence-corrected chi connectivity index (χ4v) is 11.1. The second kappa shape index (κ2) is 14.5. The molecule has 3 aliphatic rings. The molecule has 0 spiro atoms. The van der Waals surface area contributed by atoms with Crippen LogP contribution in [0.3, 0.4) is 0 Å². The van der Waals surface area contributed by atoms with E-state index >= 15 is 0 Å². The molecule has 4 heterocycles. The number of nitrogens with zero attached hydrogens (tertiary/aromatic N) is 4. The fraction of sp³-hybridized carbons (Fsp3) is 0.390. The van der Waals surface area contributed by atoms with Gasteiger partial charge in [-0.15, -0.1) is 40.8 Å². The van der Waals surface area contributed by atoms with Gasteiger partial charge in [-0.05, 0) is 120 Å². The molecule has 0 bridgehead atoms. The van der Waals surface area contributed by atoms with Gasteiger partial charge in [0.15, 0.2) is 0 Å². The van der Waals surface area contributed by atoms with Gasteiger partial charge < -0.3 is 14.2 Å². The van der Waals surface area contributed by atoms with Gasteiger partial charge in [0.05, 0.1) is 0 Å². The Hall–Kier alpha value is -4.99. The first kappa shape index (κ1) is 45.2. The summed E-state index contributed by atoms with van der Waals surface area (Å²) >= 11 is 0. The molecule has 6 heteroatoms. The van der Waals surface area contributed by atoms with Crippen molar-refractivity contribution < 1.29 is 25.8 Å². The van der Waals surface area contributed by atoms with E-state index in [9.17, 15) is 0 Å². The number of benzene rings is 5. The molecule has 7 aromatic rings. The van der Waals surface area contributed by atoms with Crippen LogP contribution in [-0.4, -0.2) is 21.0 Å². The van der Waals surface area contributed by atoms with Gasteiger partial charge in [0.2, 0.25) is 0 Å². The molecule has 0 saturated heterocycles. The average molecular weight is 1040 g/mol. The van der Waals surface area contributed by atoms with Crippen molar-refractivity contribution in [3.05, 3.63) is 158 Å². The number of aryl methyl sites for hydroxylation is 4.